The molecule has 7 heteroatoms. The SMILES string of the molecule is Cl.NCCCN1C(=O)C(=O)C(=C(O)c2ccc(Cl)cc2)C1c1ccccc1. The molecule has 0 radical (unpaired) electrons. The molecule has 3 rings (SSSR count). The number of aliphatic hydroxyl groups excluding tert-OH is 1. The van der Waals surface area contributed by atoms with E-state index in [-0.39, 0.29) is 23.7 Å². The van der Waals surface area contributed by atoms with Gasteiger partial charge in [-0.25, -0.2) is 0 Å². The van der Waals surface area contributed by atoms with Gasteiger partial charge in [0.1, 0.15) is 5.76 Å². The number of carbonyl (C=O) groups is 2. The third-order valence-electron chi connectivity index (χ3n) is 4.38. The second-order valence-electron chi connectivity index (χ2n) is 6.05. The summed E-state index contributed by atoms with van der Waals surface area (Å²) in [5.74, 6) is -1.52. The van der Waals surface area contributed by atoms with Crippen LogP contribution in [0.2, 0.25) is 5.02 Å². The Balaban J connectivity index is 0.00000261. The molecule has 0 saturated carbocycles. The maximum Gasteiger partial charge on any atom is 0.295 e. The van der Waals surface area contributed by atoms with Crippen LogP contribution in [0.1, 0.15) is 23.6 Å². The van der Waals surface area contributed by atoms with E-state index in [1.807, 2.05) is 30.3 Å². The monoisotopic (exact) mass is 406 g/mol. The van der Waals surface area contributed by atoms with Crippen LogP contribution in [0.3, 0.4) is 0 Å². The zero-order chi connectivity index (χ0) is 18.7. The highest BCUT2D eigenvalue weighted by Gasteiger charge is 2.45. The molecule has 1 aliphatic rings. The molecule has 0 spiro atoms. The van der Waals surface area contributed by atoms with Crippen LogP contribution in [0.25, 0.3) is 5.76 Å². The summed E-state index contributed by atoms with van der Waals surface area (Å²) in [4.78, 5) is 26.7. The van der Waals surface area contributed by atoms with Crippen LogP contribution in [0.4, 0.5) is 0 Å². The van der Waals surface area contributed by atoms with Crippen molar-refractivity contribution >= 4 is 41.5 Å². The van der Waals surface area contributed by atoms with E-state index in [9.17, 15) is 14.7 Å². The Morgan fingerprint density at radius 3 is 2.30 bits per heavy atom. The minimum absolute atomic E-state index is 0. The van der Waals surface area contributed by atoms with E-state index in [2.05, 4.69) is 0 Å². The molecule has 1 amide bonds. The predicted molar refractivity (Wildman–Crippen MR) is 108 cm³/mol. The van der Waals surface area contributed by atoms with Gasteiger partial charge < -0.3 is 15.7 Å². The fraction of sp³-hybridized carbons (Fsp3) is 0.200. The number of nitrogens with zero attached hydrogens (tertiary/aromatic N) is 1. The van der Waals surface area contributed by atoms with Crippen LogP contribution in [0.15, 0.2) is 60.2 Å². The van der Waals surface area contributed by atoms with E-state index in [0.717, 1.165) is 5.56 Å². The highest BCUT2D eigenvalue weighted by molar-refractivity contribution is 6.46. The molecule has 2 aromatic carbocycles. The number of hydrogen-bond donors (Lipinski definition) is 2. The lowest BCUT2D eigenvalue weighted by Gasteiger charge is -2.25. The number of amides is 1. The van der Waals surface area contributed by atoms with Crippen molar-refractivity contribution in [3.63, 3.8) is 0 Å². The number of benzene rings is 2. The van der Waals surface area contributed by atoms with Gasteiger partial charge in [-0.15, -0.1) is 12.4 Å². The minimum Gasteiger partial charge on any atom is -0.507 e. The number of nitrogens with two attached hydrogens (primary N) is 1. The van der Waals surface area contributed by atoms with Crippen molar-refractivity contribution in [2.24, 2.45) is 5.73 Å². The predicted octanol–water partition coefficient (Wildman–Crippen LogP) is 3.53. The molecule has 27 heavy (non-hydrogen) atoms. The number of rotatable bonds is 5. The summed E-state index contributed by atoms with van der Waals surface area (Å²) in [5, 5.41) is 11.3. The number of likely N-dealkylation sites (tertiary alicyclic amines) is 1. The average molecular weight is 407 g/mol. The zero-order valence-electron chi connectivity index (χ0n) is 14.5. The molecule has 1 unspecified atom stereocenters. The number of ketones is 1. The lowest BCUT2D eigenvalue weighted by molar-refractivity contribution is -0.139. The summed E-state index contributed by atoms with van der Waals surface area (Å²) >= 11 is 5.89. The normalized spacial score (nSPS) is 18.4. The van der Waals surface area contributed by atoms with Crippen molar-refractivity contribution in [2.75, 3.05) is 13.1 Å². The second-order valence-corrected chi connectivity index (χ2v) is 6.49. The van der Waals surface area contributed by atoms with E-state index in [0.29, 0.717) is 30.1 Å². The summed E-state index contributed by atoms with van der Waals surface area (Å²) in [6.45, 7) is 0.750. The first-order valence-electron chi connectivity index (χ1n) is 8.34. The number of halogens is 2. The molecular formula is C20H20Cl2N2O3. The number of Topliss-reactive ketones (excluding diaryl/α,β-unsaturated/α-hetero) is 1. The van der Waals surface area contributed by atoms with Gasteiger partial charge in [-0.3, -0.25) is 9.59 Å². The van der Waals surface area contributed by atoms with Crippen LogP contribution in [-0.2, 0) is 9.59 Å². The fourth-order valence-electron chi connectivity index (χ4n) is 3.12. The van der Waals surface area contributed by atoms with Crippen molar-refractivity contribution in [3.8, 4) is 0 Å². The Kier molecular flexibility index (Phi) is 7.02. The quantitative estimate of drug-likeness (QED) is 0.451. The van der Waals surface area contributed by atoms with Gasteiger partial charge in [0, 0.05) is 17.1 Å². The van der Waals surface area contributed by atoms with Gasteiger partial charge in [0.2, 0.25) is 0 Å². The molecule has 5 nitrogen and oxygen atoms in total. The third kappa shape index (κ3) is 4.16. The lowest BCUT2D eigenvalue weighted by Crippen LogP contribution is -2.31. The van der Waals surface area contributed by atoms with Gasteiger partial charge in [0.25, 0.3) is 11.7 Å². The maximum atomic E-state index is 12.7. The van der Waals surface area contributed by atoms with Crippen LogP contribution < -0.4 is 5.73 Å². The molecule has 2 aromatic rings. The molecule has 142 valence electrons. The van der Waals surface area contributed by atoms with E-state index < -0.39 is 17.7 Å². The first-order valence-corrected chi connectivity index (χ1v) is 8.71. The maximum absolute atomic E-state index is 12.7. The molecule has 1 heterocycles. The zero-order valence-corrected chi connectivity index (χ0v) is 16.0. The molecular weight excluding hydrogens is 387 g/mol. The van der Waals surface area contributed by atoms with Gasteiger partial charge >= 0.3 is 0 Å². The van der Waals surface area contributed by atoms with Gasteiger partial charge in [-0.2, -0.15) is 0 Å². The van der Waals surface area contributed by atoms with Gasteiger partial charge in [-0.1, -0.05) is 41.9 Å². The number of aliphatic hydroxyl groups is 1. The Bertz CT molecular complexity index is 851. The molecule has 1 fully saturated rings. The Morgan fingerprint density at radius 1 is 1.07 bits per heavy atom. The lowest BCUT2D eigenvalue weighted by atomic mass is 9.95. The molecule has 0 aliphatic carbocycles. The Hall–Kier alpha value is -2.34. The molecule has 1 atom stereocenters. The van der Waals surface area contributed by atoms with E-state index in [1.165, 1.54) is 4.90 Å². The highest BCUT2D eigenvalue weighted by atomic mass is 35.5. The Morgan fingerprint density at radius 2 is 1.70 bits per heavy atom. The summed E-state index contributed by atoms with van der Waals surface area (Å²) in [6, 6.07) is 15.0. The fourth-order valence-corrected chi connectivity index (χ4v) is 3.24. The average Bonchev–Trinajstić information content (AvgIpc) is 2.91. The summed E-state index contributed by atoms with van der Waals surface area (Å²) in [5.41, 5.74) is 6.86. The van der Waals surface area contributed by atoms with Crippen LogP contribution in [0, 0.1) is 0 Å². The topological polar surface area (TPSA) is 83.6 Å². The summed E-state index contributed by atoms with van der Waals surface area (Å²) in [6.07, 6.45) is 0.567. The van der Waals surface area contributed by atoms with E-state index in [4.69, 9.17) is 17.3 Å². The number of hydrogen-bond acceptors (Lipinski definition) is 4. The molecule has 1 saturated heterocycles. The van der Waals surface area contributed by atoms with Crippen molar-refractivity contribution in [1.82, 2.24) is 4.90 Å². The van der Waals surface area contributed by atoms with Crippen molar-refractivity contribution in [3.05, 3.63) is 76.3 Å². The summed E-state index contributed by atoms with van der Waals surface area (Å²) < 4.78 is 0. The molecule has 3 N–H and O–H groups in total. The van der Waals surface area contributed by atoms with Crippen molar-refractivity contribution in [1.29, 1.82) is 0 Å². The first kappa shape index (κ1) is 21.0. The van der Waals surface area contributed by atoms with Crippen molar-refractivity contribution < 1.29 is 14.7 Å². The largest absolute Gasteiger partial charge is 0.507 e. The van der Waals surface area contributed by atoms with Crippen LogP contribution >= 0.6 is 24.0 Å². The molecule has 1 aliphatic heterocycles. The van der Waals surface area contributed by atoms with Crippen LogP contribution in [0.5, 0.6) is 0 Å². The highest BCUT2D eigenvalue weighted by Crippen LogP contribution is 2.39. The number of carbonyl (C=O) groups excluding carboxylic acids is 2. The summed E-state index contributed by atoms with van der Waals surface area (Å²) in [7, 11) is 0. The standard InChI is InChI=1S/C20H19ClN2O3.ClH/c21-15-9-7-14(8-10-15)18(24)16-17(13-5-2-1-3-6-13)23(12-4-11-22)20(26)19(16)25;/h1-3,5-10,17,24H,4,11-12,22H2;1H. The van der Waals surface area contributed by atoms with E-state index in [1.54, 1.807) is 24.3 Å². The smallest absolute Gasteiger partial charge is 0.295 e. The Labute approximate surface area is 168 Å². The minimum atomic E-state index is -0.691. The van der Waals surface area contributed by atoms with Crippen LogP contribution in [-0.4, -0.2) is 34.8 Å². The second kappa shape index (κ2) is 9.04. The molecule has 0 bridgehead atoms. The molecule has 0 aromatic heterocycles. The van der Waals surface area contributed by atoms with Gasteiger partial charge in [0.15, 0.2) is 0 Å². The van der Waals surface area contributed by atoms with E-state index >= 15 is 0 Å². The first-order chi connectivity index (χ1) is 12.5. The van der Waals surface area contributed by atoms with Gasteiger partial charge in [0.05, 0.1) is 11.6 Å². The van der Waals surface area contributed by atoms with Crippen molar-refractivity contribution in [2.45, 2.75) is 12.5 Å². The van der Waals surface area contributed by atoms with Gasteiger partial charge in [-0.05, 0) is 42.8 Å². The third-order valence-corrected chi connectivity index (χ3v) is 4.63.